The molecule has 0 amide bonds. The van der Waals surface area contributed by atoms with Crippen molar-refractivity contribution in [1.29, 1.82) is 0 Å². The molecule has 4 aromatic carbocycles. The predicted molar refractivity (Wildman–Crippen MR) is 153 cm³/mol. The molecule has 0 aliphatic heterocycles. The van der Waals surface area contributed by atoms with Crippen LogP contribution in [0.25, 0.3) is 0 Å². The first kappa shape index (κ1) is 27.0. The molecule has 8 nitrogen and oxygen atoms in total. The number of phenolic OH excluding ortho intramolecular Hbond substituents is 2. The maximum atomic E-state index is 13.5. The van der Waals surface area contributed by atoms with E-state index in [2.05, 4.69) is 0 Å². The van der Waals surface area contributed by atoms with E-state index in [9.17, 15) is 29.9 Å². The van der Waals surface area contributed by atoms with Crippen molar-refractivity contribution in [2.75, 3.05) is 0 Å². The number of carbonyl (C=O) groups is 2. The summed E-state index contributed by atoms with van der Waals surface area (Å²) in [4.78, 5) is 27.0. The van der Waals surface area contributed by atoms with Crippen LogP contribution in [0.15, 0.2) is 84.9 Å². The van der Waals surface area contributed by atoms with Crippen LogP contribution in [0.5, 0.6) is 11.5 Å². The first-order valence-corrected chi connectivity index (χ1v) is 13.3. The molecular formula is C31H26B2O8. The van der Waals surface area contributed by atoms with Gasteiger partial charge >= 0.3 is 14.2 Å². The lowest BCUT2D eigenvalue weighted by Gasteiger charge is -2.42. The maximum absolute atomic E-state index is 13.5. The Labute approximate surface area is 237 Å². The Hall–Kier alpha value is -4.21. The minimum atomic E-state index is -1.42. The van der Waals surface area contributed by atoms with E-state index < -0.39 is 49.0 Å². The third kappa shape index (κ3) is 4.65. The average molecular weight is 548 g/mol. The molecule has 2 aliphatic carbocycles. The molecule has 0 spiro atoms. The SMILES string of the molecule is C[C@]1(OB(O)c2ccccc2)Cc2c(O)c3c(c(O)c2[C@@H](OB(O)c2ccccc2)C1)C(=O)c1ccccc1C3=O. The molecule has 0 bridgehead atoms. The first-order valence-electron chi connectivity index (χ1n) is 13.3. The van der Waals surface area contributed by atoms with Crippen LogP contribution in [0.3, 0.4) is 0 Å². The van der Waals surface area contributed by atoms with Crippen LogP contribution in [-0.2, 0) is 15.7 Å². The van der Waals surface area contributed by atoms with Crippen LogP contribution >= 0.6 is 0 Å². The summed E-state index contributed by atoms with van der Waals surface area (Å²) in [6, 6.07) is 23.6. The second kappa shape index (κ2) is 10.3. The van der Waals surface area contributed by atoms with Gasteiger partial charge in [-0.05, 0) is 17.8 Å². The fourth-order valence-corrected chi connectivity index (χ4v) is 5.86. The highest BCUT2D eigenvalue weighted by Gasteiger charge is 2.47. The van der Waals surface area contributed by atoms with Gasteiger partial charge in [-0.15, -0.1) is 0 Å². The highest BCUT2D eigenvalue weighted by molar-refractivity contribution is 6.60. The highest BCUT2D eigenvalue weighted by Crippen LogP contribution is 2.52. The number of hydrogen-bond acceptors (Lipinski definition) is 8. The van der Waals surface area contributed by atoms with Crippen molar-refractivity contribution < 1.29 is 39.2 Å². The summed E-state index contributed by atoms with van der Waals surface area (Å²) in [5.74, 6) is -2.15. The van der Waals surface area contributed by atoms with Crippen molar-refractivity contribution >= 4 is 36.7 Å². The largest absolute Gasteiger partial charge is 0.507 e. The molecule has 4 N–H and O–H groups in total. The molecule has 0 fully saturated rings. The summed E-state index contributed by atoms with van der Waals surface area (Å²) < 4.78 is 12.2. The topological polar surface area (TPSA) is 134 Å². The second-order valence-electron chi connectivity index (χ2n) is 10.6. The van der Waals surface area contributed by atoms with Gasteiger partial charge in [-0.2, -0.15) is 0 Å². The van der Waals surface area contributed by atoms with E-state index in [1.165, 1.54) is 12.1 Å². The summed E-state index contributed by atoms with van der Waals surface area (Å²) in [5.41, 5.74) is -0.335. The molecule has 10 heteroatoms. The number of hydrogen-bond donors (Lipinski definition) is 4. The zero-order valence-electron chi connectivity index (χ0n) is 22.2. The molecule has 2 atom stereocenters. The monoisotopic (exact) mass is 548 g/mol. The van der Waals surface area contributed by atoms with Crippen molar-refractivity contribution in [3.63, 3.8) is 0 Å². The smallest absolute Gasteiger partial charge is 0.491 e. The molecule has 0 aromatic heterocycles. The van der Waals surface area contributed by atoms with Gasteiger partial charge in [0.2, 0.25) is 0 Å². The zero-order valence-corrected chi connectivity index (χ0v) is 22.2. The summed E-state index contributed by atoms with van der Waals surface area (Å²) in [7, 11) is -2.75. The molecule has 204 valence electrons. The lowest BCUT2D eigenvalue weighted by Crippen LogP contribution is -2.48. The van der Waals surface area contributed by atoms with E-state index in [0.717, 1.165) is 0 Å². The summed E-state index contributed by atoms with van der Waals surface area (Å²) in [5, 5.41) is 45.0. The number of aromatic hydroxyl groups is 2. The molecule has 4 aromatic rings. The summed E-state index contributed by atoms with van der Waals surface area (Å²) in [6.45, 7) is 1.71. The Morgan fingerprint density at radius 3 is 1.78 bits per heavy atom. The molecular weight excluding hydrogens is 522 g/mol. The van der Waals surface area contributed by atoms with Gasteiger partial charge < -0.3 is 29.6 Å². The van der Waals surface area contributed by atoms with Gasteiger partial charge in [-0.3, -0.25) is 9.59 Å². The number of benzene rings is 4. The number of ketones is 2. The minimum Gasteiger partial charge on any atom is -0.507 e. The lowest BCUT2D eigenvalue weighted by atomic mass is 9.70. The van der Waals surface area contributed by atoms with Gasteiger partial charge in [0.15, 0.2) is 11.6 Å². The Balaban J connectivity index is 1.48. The maximum Gasteiger partial charge on any atom is 0.491 e. The van der Waals surface area contributed by atoms with E-state index in [0.29, 0.717) is 10.9 Å². The van der Waals surface area contributed by atoms with Gasteiger partial charge in [0.05, 0.1) is 22.8 Å². The zero-order chi connectivity index (χ0) is 28.9. The van der Waals surface area contributed by atoms with Crippen molar-refractivity contribution in [3.8, 4) is 11.5 Å². The van der Waals surface area contributed by atoms with Gasteiger partial charge in [0.1, 0.15) is 11.5 Å². The molecule has 0 heterocycles. The second-order valence-corrected chi connectivity index (χ2v) is 10.6. The van der Waals surface area contributed by atoms with E-state index in [1.807, 2.05) is 6.07 Å². The van der Waals surface area contributed by atoms with E-state index in [1.54, 1.807) is 73.7 Å². The first-order chi connectivity index (χ1) is 19.7. The molecule has 0 saturated heterocycles. The van der Waals surface area contributed by atoms with Crippen LogP contribution < -0.4 is 10.9 Å². The number of fused-ring (bicyclic) bond motifs is 3. The summed E-state index contributed by atoms with van der Waals surface area (Å²) >= 11 is 0. The normalized spacial score (nSPS) is 19.2. The Morgan fingerprint density at radius 1 is 0.732 bits per heavy atom. The molecule has 0 unspecified atom stereocenters. The third-order valence-corrected chi connectivity index (χ3v) is 7.81. The summed E-state index contributed by atoms with van der Waals surface area (Å²) in [6.07, 6.45) is -1.07. The lowest BCUT2D eigenvalue weighted by molar-refractivity contribution is 0.00327. The standard InChI is InChI=1S/C31H26B2O8/c1-31(41-33(39)19-12-6-3-7-13-19)16-22-24(23(17-31)40-32(38)18-10-4-2-5-11-18)30(37)26-25(29(22)36)27(34)20-14-8-9-15-21(20)28(26)35/h2-15,23,36-39H,16-17H2,1H3/t23-,31-/m0/s1. The van der Waals surface area contributed by atoms with Crippen molar-refractivity contribution in [3.05, 3.63) is 118 Å². The van der Waals surface area contributed by atoms with Crippen molar-refractivity contribution in [2.24, 2.45) is 0 Å². The molecule has 2 aliphatic rings. The van der Waals surface area contributed by atoms with Crippen molar-refractivity contribution in [2.45, 2.75) is 31.5 Å². The van der Waals surface area contributed by atoms with E-state index in [4.69, 9.17) is 9.31 Å². The quantitative estimate of drug-likeness (QED) is 0.188. The van der Waals surface area contributed by atoms with Crippen molar-refractivity contribution in [1.82, 2.24) is 0 Å². The fourth-order valence-electron chi connectivity index (χ4n) is 5.86. The molecule has 41 heavy (non-hydrogen) atoms. The fraction of sp³-hybridized carbons (Fsp3) is 0.161. The van der Waals surface area contributed by atoms with Crippen LogP contribution in [-0.4, -0.2) is 51.7 Å². The minimum absolute atomic E-state index is 0.0245. The van der Waals surface area contributed by atoms with Crippen LogP contribution in [0.4, 0.5) is 0 Å². The van der Waals surface area contributed by atoms with Crippen LogP contribution in [0.1, 0.15) is 62.4 Å². The molecule has 0 radical (unpaired) electrons. The molecule has 0 saturated carbocycles. The van der Waals surface area contributed by atoms with Crippen LogP contribution in [0, 0.1) is 0 Å². The number of rotatable bonds is 6. The Morgan fingerprint density at radius 2 is 1.22 bits per heavy atom. The highest BCUT2D eigenvalue weighted by atomic mass is 16.5. The van der Waals surface area contributed by atoms with E-state index in [-0.39, 0.29) is 46.2 Å². The van der Waals surface area contributed by atoms with Gasteiger partial charge in [0.25, 0.3) is 0 Å². The van der Waals surface area contributed by atoms with E-state index >= 15 is 0 Å². The van der Waals surface area contributed by atoms with Gasteiger partial charge in [-0.25, -0.2) is 0 Å². The third-order valence-electron chi connectivity index (χ3n) is 7.81. The Bertz CT molecular complexity index is 1660. The average Bonchev–Trinajstić information content (AvgIpc) is 2.98. The van der Waals surface area contributed by atoms with Gasteiger partial charge in [0, 0.05) is 35.1 Å². The number of carbonyl (C=O) groups excluding carboxylic acids is 2. The predicted octanol–water partition coefficient (Wildman–Crippen LogP) is 2.43. The van der Waals surface area contributed by atoms with Crippen LogP contribution in [0.2, 0.25) is 0 Å². The van der Waals surface area contributed by atoms with Gasteiger partial charge in [-0.1, -0.05) is 84.9 Å². The molecule has 6 rings (SSSR count). The number of phenols is 2. The Kier molecular flexibility index (Phi) is 6.79.